The van der Waals surface area contributed by atoms with Gasteiger partial charge >= 0.3 is 5.97 Å². The summed E-state index contributed by atoms with van der Waals surface area (Å²) in [4.78, 5) is 11.5. The lowest BCUT2D eigenvalue weighted by Crippen LogP contribution is -2.24. The van der Waals surface area contributed by atoms with Gasteiger partial charge in [-0.25, -0.2) is 0 Å². The van der Waals surface area contributed by atoms with Gasteiger partial charge in [0.15, 0.2) is 0 Å². The van der Waals surface area contributed by atoms with Gasteiger partial charge in [-0.05, 0) is 39.7 Å². The van der Waals surface area contributed by atoms with Gasteiger partial charge in [0.25, 0.3) is 0 Å². The largest absolute Gasteiger partial charge is 0.460 e. The van der Waals surface area contributed by atoms with E-state index in [1.807, 2.05) is 20.8 Å². The van der Waals surface area contributed by atoms with Crippen molar-refractivity contribution in [2.24, 2.45) is 5.92 Å². The predicted molar refractivity (Wildman–Crippen MR) is 60.6 cm³/mol. The molecule has 1 saturated heterocycles. The molecule has 0 saturated carbocycles. The predicted octanol–water partition coefficient (Wildman–Crippen LogP) is 1.88. The van der Waals surface area contributed by atoms with Crippen LogP contribution in [0.5, 0.6) is 0 Å². The zero-order chi connectivity index (χ0) is 11.5. The Morgan fingerprint density at radius 1 is 1.53 bits per heavy atom. The molecule has 3 nitrogen and oxygen atoms in total. The Balaban J connectivity index is 2.34. The van der Waals surface area contributed by atoms with E-state index in [0.29, 0.717) is 12.3 Å². The Hall–Kier alpha value is -0.830. The molecule has 3 heteroatoms. The lowest BCUT2D eigenvalue weighted by Gasteiger charge is -2.20. The molecule has 15 heavy (non-hydrogen) atoms. The first-order chi connectivity index (χ1) is 6.88. The minimum atomic E-state index is -0.398. The van der Waals surface area contributed by atoms with Crippen LogP contribution in [0.3, 0.4) is 0 Å². The Labute approximate surface area is 91.9 Å². The fourth-order valence-electron chi connectivity index (χ4n) is 1.71. The van der Waals surface area contributed by atoms with Gasteiger partial charge in [-0.2, -0.15) is 0 Å². The number of hydrogen-bond donors (Lipinski definition) is 1. The highest BCUT2D eigenvalue weighted by Gasteiger charge is 2.22. The highest BCUT2D eigenvalue weighted by atomic mass is 16.6. The third-order valence-electron chi connectivity index (χ3n) is 2.43. The van der Waals surface area contributed by atoms with Crippen molar-refractivity contribution in [2.75, 3.05) is 13.1 Å². The molecule has 1 aliphatic heterocycles. The standard InChI is InChI=1S/C12H21NO2/c1-9(10-5-6-13-8-10)7-11(14)15-12(2,3)4/h10,13H,1,5-8H2,2-4H3/t10-/m0/s1. The molecule has 0 radical (unpaired) electrons. The second-order valence-electron chi connectivity index (χ2n) is 5.11. The summed E-state index contributed by atoms with van der Waals surface area (Å²) in [7, 11) is 0. The molecular formula is C12H21NO2. The average Bonchev–Trinajstić information content (AvgIpc) is 2.50. The van der Waals surface area contributed by atoms with Crippen LogP contribution in [-0.4, -0.2) is 24.7 Å². The second kappa shape index (κ2) is 4.79. The SMILES string of the molecule is C=C(CC(=O)OC(C)(C)C)[C@H]1CCNC1. The van der Waals surface area contributed by atoms with Crippen LogP contribution in [0.2, 0.25) is 0 Å². The maximum absolute atomic E-state index is 11.5. The first-order valence-corrected chi connectivity index (χ1v) is 5.49. The molecular weight excluding hydrogens is 190 g/mol. The van der Waals surface area contributed by atoms with Crippen LogP contribution in [0.15, 0.2) is 12.2 Å². The monoisotopic (exact) mass is 211 g/mol. The van der Waals surface area contributed by atoms with Crippen LogP contribution in [-0.2, 0) is 9.53 Å². The molecule has 0 aromatic heterocycles. The van der Waals surface area contributed by atoms with Gasteiger partial charge in [0.05, 0.1) is 6.42 Å². The number of esters is 1. The van der Waals surface area contributed by atoms with E-state index in [0.717, 1.165) is 25.1 Å². The second-order valence-corrected chi connectivity index (χ2v) is 5.11. The van der Waals surface area contributed by atoms with Gasteiger partial charge in [-0.15, -0.1) is 0 Å². The molecule has 0 unspecified atom stereocenters. The molecule has 0 bridgehead atoms. The average molecular weight is 211 g/mol. The zero-order valence-electron chi connectivity index (χ0n) is 9.93. The molecule has 1 N–H and O–H groups in total. The molecule has 0 aromatic rings. The Morgan fingerprint density at radius 2 is 2.20 bits per heavy atom. The van der Waals surface area contributed by atoms with Crippen molar-refractivity contribution < 1.29 is 9.53 Å². The Bertz CT molecular complexity index is 247. The van der Waals surface area contributed by atoms with E-state index in [4.69, 9.17) is 4.74 Å². The summed E-state index contributed by atoms with van der Waals surface area (Å²) in [5, 5.41) is 3.26. The fraction of sp³-hybridized carbons (Fsp3) is 0.750. The number of rotatable bonds is 3. The third-order valence-corrected chi connectivity index (χ3v) is 2.43. The quantitative estimate of drug-likeness (QED) is 0.572. The molecule has 0 spiro atoms. The lowest BCUT2D eigenvalue weighted by molar-refractivity contribution is -0.154. The number of ether oxygens (including phenoxy) is 1. The van der Waals surface area contributed by atoms with Crippen LogP contribution in [0, 0.1) is 5.92 Å². The van der Waals surface area contributed by atoms with Gasteiger partial charge in [0, 0.05) is 6.54 Å². The van der Waals surface area contributed by atoms with Crippen LogP contribution in [0.25, 0.3) is 0 Å². The fourth-order valence-corrected chi connectivity index (χ4v) is 1.71. The minimum Gasteiger partial charge on any atom is -0.460 e. The van der Waals surface area contributed by atoms with Gasteiger partial charge in [0.2, 0.25) is 0 Å². The Kier molecular flexibility index (Phi) is 3.91. The first kappa shape index (κ1) is 12.2. The maximum atomic E-state index is 11.5. The molecule has 0 aliphatic carbocycles. The number of hydrogen-bond acceptors (Lipinski definition) is 3. The van der Waals surface area contributed by atoms with Crippen LogP contribution < -0.4 is 5.32 Å². The van der Waals surface area contributed by atoms with E-state index in [1.165, 1.54) is 0 Å². The van der Waals surface area contributed by atoms with Gasteiger partial charge in [-0.3, -0.25) is 4.79 Å². The van der Waals surface area contributed by atoms with Crippen molar-refractivity contribution in [1.29, 1.82) is 0 Å². The van der Waals surface area contributed by atoms with Crippen molar-refractivity contribution in [3.63, 3.8) is 0 Å². The molecule has 1 rings (SSSR count). The summed E-state index contributed by atoms with van der Waals surface area (Å²) in [5.74, 6) is 0.275. The molecule has 86 valence electrons. The molecule has 1 aliphatic rings. The van der Waals surface area contributed by atoms with Gasteiger partial charge in [-0.1, -0.05) is 12.2 Å². The summed E-state index contributed by atoms with van der Waals surface area (Å²) in [6, 6.07) is 0. The summed E-state index contributed by atoms with van der Waals surface area (Å²) >= 11 is 0. The topological polar surface area (TPSA) is 38.3 Å². The van der Waals surface area contributed by atoms with E-state index < -0.39 is 5.60 Å². The van der Waals surface area contributed by atoms with Crippen molar-refractivity contribution in [3.8, 4) is 0 Å². The van der Waals surface area contributed by atoms with Gasteiger partial charge in [0.1, 0.15) is 5.60 Å². The van der Waals surface area contributed by atoms with Crippen molar-refractivity contribution in [3.05, 3.63) is 12.2 Å². The van der Waals surface area contributed by atoms with Crippen LogP contribution in [0.1, 0.15) is 33.6 Å². The molecule has 1 fully saturated rings. The summed E-state index contributed by atoms with van der Waals surface area (Å²) in [6.07, 6.45) is 1.44. The number of nitrogens with one attached hydrogen (secondary N) is 1. The molecule has 1 heterocycles. The maximum Gasteiger partial charge on any atom is 0.310 e. The molecule has 0 amide bonds. The zero-order valence-corrected chi connectivity index (χ0v) is 9.93. The van der Waals surface area contributed by atoms with Gasteiger partial charge < -0.3 is 10.1 Å². The number of carbonyl (C=O) groups excluding carboxylic acids is 1. The highest BCUT2D eigenvalue weighted by molar-refractivity contribution is 5.72. The highest BCUT2D eigenvalue weighted by Crippen LogP contribution is 2.21. The molecule has 0 aromatic carbocycles. The van der Waals surface area contributed by atoms with Crippen molar-refractivity contribution in [2.45, 2.75) is 39.2 Å². The lowest BCUT2D eigenvalue weighted by atomic mass is 9.97. The van der Waals surface area contributed by atoms with Crippen LogP contribution >= 0.6 is 0 Å². The summed E-state index contributed by atoms with van der Waals surface area (Å²) in [6.45, 7) is 11.6. The number of carbonyl (C=O) groups is 1. The van der Waals surface area contributed by atoms with E-state index in [1.54, 1.807) is 0 Å². The van der Waals surface area contributed by atoms with Crippen molar-refractivity contribution >= 4 is 5.97 Å². The van der Waals surface area contributed by atoms with Crippen LogP contribution in [0.4, 0.5) is 0 Å². The summed E-state index contributed by atoms with van der Waals surface area (Å²) < 4.78 is 5.25. The minimum absolute atomic E-state index is 0.167. The molecule has 1 atom stereocenters. The third kappa shape index (κ3) is 4.47. The van der Waals surface area contributed by atoms with Crippen molar-refractivity contribution in [1.82, 2.24) is 5.32 Å². The van der Waals surface area contributed by atoms with E-state index >= 15 is 0 Å². The Morgan fingerprint density at radius 3 is 2.67 bits per heavy atom. The van der Waals surface area contributed by atoms with E-state index in [2.05, 4.69) is 11.9 Å². The summed E-state index contributed by atoms with van der Waals surface area (Å²) in [5.41, 5.74) is 0.597. The van der Waals surface area contributed by atoms with E-state index in [-0.39, 0.29) is 5.97 Å². The smallest absolute Gasteiger partial charge is 0.310 e. The first-order valence-electron chi connectivity index (χ1n) is 5.49. The van der Waals surface area contributed by atoms with E-state index in [9.17, 15) is 4.79 Å². The normalized spacial score (nSPS) is 21.4.